The number of aliphatic carboxylic acids is 1. The first kappa shape index (κ1) is 15.4. The number of carboxylic acids is 1. The van der Waals surface area contributed by atoms with Crippen molar-refractivity contribution in [3.63, 3.8) is 0 Å². The predicted octanol–water partition coefficient (Wildman–Crippen LogP) is 2.26. The largest absolute Gasteiger partial charge is 0.497 e. The normalized spacial score (nSPS) is 19.3. The summed E-state index contributed by atoms with van der Waals surface area (Å²) in [7, 11) is 1.61. The number of likely N-dealkylation sites (tertiary alicyclic amines) is 1. The SMILES string of the molecule is COc1cccc(C(C)CC(=O)N2CCCC2C(=O)O)c1. The molecule has 114 valence electrons. The molecule has 2 unspecified atom stereocenters. The van der Waals surface area contributed by atoms with E-state index in [4.69, 9.17) is 9.84 Å². The van der Waals surface area contributed by atoms with Crippen LogP contribution in [0.25, 0.3) is 0 Å². The molecule has 0 aromatic heterocycles. The fourth-order valence-corrected chi connectivity index (χ4v) is 2.77. The van der Waals surface area contributed by atoms with Gasteiger partial charge in [0.1, 0.15) is 11.8 Å². The summed E-state index contributed by atoms with van der Waals surface area (Å²) in [6.07, 6.45) is 1.63. The highest BCUT2D eigenvalue weighted by atomic mass is 16.5. The number of ether oxygens (including phenoxy) is 1. The zero-order valence-corrected chi connectivity index (χ0v) is 12.4. The molecule has 0 aliphatic carbocycles. The molecule has 1 saturated heterocycles. The number of carbonyl (C=O) groups excluding carboxylic acids is 1. The molecule has 0 saturated carbocycles. The first-order valence-electron chi connectivity index (χ1n) is 7.19. The van der Waals surface area contributed by atoms with E-state index in [1.807, 2.05) is 31.2 Å². The second-order valence-corrected chi connectivity index (χ2v) is 5.47. The maximum Gasteiger partial charge on any atom is 0.326 e. The van der Waals surface area contributed by atoms with Crippen LogP contribution in [-0.2, 0) is 9.59 Å². The van der Waals surface area contributed by atoms with Crippen molar-refractivity contribution in [2.24, 2.45) is 0 Å². The van der Waals surface area contributed by atoms with Crippen LogP contribution in [0.5, 0.6) is 5.75 Å². The highest BCUT2D eigenvalue weighted by Crippen LogP contribution is 2.26. The molecule has 0 bridgehead atoms. The molecule has 0 spiro atoms. The summed E-state index contributed by atoms with van der Waals surface area (Å²) in [5.41, 5.74) is 1.02. The molecular formula is C16H21NO4. The Kier molecular flexibility index (Phi) is 4.83. The van der Waals surface area contributed by atoms with Gasteiger partial charge in [-0.05, 0) is 36.5 Å². The Morgan fingerprint density at radius 2 is 2.24 bits per heavy atom. The molecular weight excluding hydrogens is 270 g/mol. The summed E-state index contributed by atoms with van der Waals surface area (Å²) < 4.78 is 5.19. The molecule has 1 aliphatic rings. The molecule has 1 amide bonds. The lowest BCUT2D eigenvalue weighted by Gasteiger charge is -2.23. The van der Waals surface area contributed by atoms with Crippen LogP contribution < -0.4 is 4.74 Å². The van der Waals surface area contributed by atoms with Crippen molar-refractivity contribution in [3.8, 4) is 5.75 Å². The summed E-state index contributed by atoms with van der Waals surface area (Å²) in [5, 5.41) is 9.14. The van der Waals surface area contributed by atoms with Gasteiger partial charge in [0.15, 0.2) is 0 Å². The van der Waals surface area contributed by atoms with Gasteiger partial charge >= 0.3 is 5.97 Å². The van der Waals surface area contributed by atoms with Crippen LogP contribution in [-0.4, -0.2) is 41.6 Å². The monoisotopic (exact) mass is 291 g/mol. The minimum atomic E-state index is -0.908. The maximum absolute atomic E-state index is 12.3. The summed E-state index contributed by atoms with van der Waals surface area (Å²) in [4.78, 5) is 25.0. The zero-order valence-electron chi connectivity index (χ0n) is 12.4. The molecule has 21 heavy (non-hydrogen) atoms. The topological polar surface area (TPSA) is 66.8 Å². The van der Waals surface area contributed by atoms with Crippen molar-refractivity contribution < 1.29 is 19.4 Å². The fourth-order valence-electron chi connectivity index (χ4n) is 2.77. The number of benzene rings is 1. The van der Waals surface area contributed by atoms with Gasteiger partial charge in [-0.2, -0.15) is 0 Å². The highest BCUT2D eigenvalue weighted by molar-refractivity contribution is 5.84. The number of amides is 1. The van der Waals surface area contributed by atoms with Gasteiger partial charge in [-0.25, -0.2) is 4.79 Å². The Bertz CT molecular complexity index is 529. The molecule has 1 aromatic rings. The summed E-state index contributed by atoms with van der Waals surface area (Å²) in [6.45, 7) is 2.51. The van der Waals surface area contributed by atoms with Crippen molar-refractivity contribution >= 4 is 11.9 Å². The van der Waals surface area contributed by atoms with Crippen molar-refractivity contribution in [2.45, 2.75) is 38.1 Å². The summed E-state index contributed by atoms with van der Waals surface area (Å²) in [5.74, 6) is -0.205. The molecule has 5 heteroatoms. The first-order chi connectivity index (χ1) is 10.0. The Balaban J connectivity index is 2.03. The number of methoxy groups -OCH3 is 1. The van der Waals surface area contributed by atoms with E-state index in [0.29, 0.717) is 19.4 Å². The lowest BCUT2D eigenvalue weighted by molar-refractivity contribution is -0.148. The van der Waals surface area contributed by atoms with Gasteiger partial charge in [0.25, 0.3) is 0 Å². The summed E-state index contributed by atoms with van der Waals surface area (Å²) in [6, 6.07) is 6.97. The van der Waals surface area contributed by atoms with Gasteiger partial charge in [0.05, 0.1) is 7.11 Å². The lowest BCUT2D eigenvalue weighted by atomic mass is 9.97. The molecule has 0 radical (unpaired) electrons. The van der Waals surface area contributed by atoms with Gasteiger partial charge in [-0.1, -0.05) is 19.1 Å². The zero-order chi connectivity index (χ0) is 15.4. The van der Waals surface area contributed by atoms with Gasteiger partial charge in [-0.15, -0.1) is 0 Å². The third-order valence-corrected chi connectivity index (χ3v) is 4.00. The molecule has 1 aromatic carbocycles. The fraction of sp³-hybridized carbons (Fsp3) is 0.500. The second-order valence-electron chi connectivity index (χ2n) is 5.47. The molecule has 1 N–H and O–H groups in total. The minimum Gasteiger partial charge on any atom is -0.497 e. The van der Waals surface area contributed by atoms with Crippen LogP contribution >= 0.6 is 0 Å². The highest BCUT2D eigenvalue weighted by Gasteiger charge is 2.34. The number of hydrogen-bond donors (Lipinski definition) is 1. The number of hydrogen-bond acceptors (Lipinski definition) is 3. The van der Waals surface area contributed by atoms with Crippen LogP contribution in [0, 0.1) is 0 Å². The number of nitrogens with zero attached hydrogens (tertiary/aromatic N) is 1. The number of carboxylic acid groups (broad SMARTS) is 1. The average molecular weight is 291 g/mol. The molecule has 5 nitrogen and oxygen atoms in total. The smallest absolute Gasteiger partial charge is 0.326 e. The maximum atomic E-state index is 12.3. The van der Waals surface area contributed by atoms with Gasteiger partial charge in [0, 0.05) is 13.0 Å². The molecule has 2 rings (SSSR count). The van der Waals surface area contributed by atoms with Crippen LogP contribution in [0.1, 0.15) is 37.7 Å². The molecule has 1 fully saturated rings. The Morgan fingerprint density at radius 1 is 1.48 bits per heavy atom. The van der Waals surface area contributed by atoms with E-state index in [2.05, 4.69) is 0 Å². The van der Waals surface area contributed by atoms with E-state index in [0.717, 1.165) is 17.7 Å². The Morgan fingerprint density at radius 3 is 2.90 bits per heavy atom. The van der Waals surface area contributed by atoms with Crippen LogP contribution in [0.2, 0.25) is 0 Å². The van der Waals surface area contributed by atoms with E-state index >= 15 is 0 Å². The first-order valence-corrected chi connectivity index (χ1v) is 7.19. The lowest BCUT2D eigenvalue weighted by Crippen LogP contribution is -2.40. The van der Waals surface area contributed by atoms with Crippen molar-refractivity contribution in [1.82, 2.24) is 4.90 Å². The van der Waals surface area contributed by atoms with Gasteiger partial charge in [-0.3, -0.25) is 4.79 Å². The quantitative estimate of drug-likeness (QED) is 0.903. The van der Waals surface area contributed by atoms with Crippen molar-refractivity contribution in [3.05, 3.63) is 29.8 Å². The molecule has 1 aliphatic heterocycles. The third kappa shape index (κ3) is 3.54. The van der Waals surface area contributed by atoms with E-state index in [1.165, 1.54) is 4.90 Å². The van der Waals surface area contributed by atoms with Crippen LogP contribution in [0.15, 0.2) is 24.3 Å². The van der Waals surface area contributed by atoms with Gasteiger partial charge in [0.2, 0.25) is 5.91 Å². The number of rotatable bonds is 5. The van der Waals surface area contributed by atoms with Crippen molar-refractivity contribution in [2.75, 3.05) is 13.7 Å². The molecule has 1 heterocycles. The second kappa shape index (κ2) is 6.61. The van der Waals surface area contributed by atoms with E-state index in [-0.39, 0.29) is 11.8 Å². The van der Waals surface area contributed by atoms with E-state index in [1.54, 1.807) is 7.11 Å². The van der Waals surface area contributed by atoms with Gasteiger partial charge < -0.3 is 14.7 Å². The standard InChI is InChI=1S/C16H21NO4/c1-11(12-5-3-6-13(10-12)21-2)9-15(18)17-8-4-7-14(17)16(19)20/h3,5-6,10-11,14H,4,7-9H2,1-2H3,(H,19,20). The van der Waals surface area contributed by atoms with E-state index in [9.17, 15) is 9.59 Å². The summed E-state index contributed by atoms with van der Waals surface area (Å²) >= 11 is 0. The van der Waals surface area contributed by atoms with E-state index < -0.39 is 12.0 Å². The Hall–Kier alpha value is -2.04. The third-order valence-electron chi connectivity index (χ3n) is 4.00. The Labute approximate surface area is 124 Å². The minimum absolute atomic E-state index is 0.0302. The average Bonchev–Trinajstić information content (AvgIpc) is 2.97. The van der Waals surface area contributed by atoms with Crippen molar-refractivity contribution in [1.29, 1.82) is 0 Å². The molecule has 2 atom stereocenters. The van der Waals surface area contributed by atoms with Crippen LogP contribution in [0.4, 0.5) is 0 Å². The predicted molar refractivity (Wildman–Crippen MR) is 78.4 cm³/mol. The number of carbonyl (C=O) groups is 2. The van der Waals surface area contributed by atoms with Crippen LogP contribution in [0.3, 0.4) is 0 Å².